The number of benzene rings is 4. The second-order valence-electron chi connectivity index (χ2n) is 13.0. The molecule has 8 rings (SSSR count). The number of carbonyl (C=O) groups is 4. The van der Waals surface area contributed by atoms with Crippen molar-refractivity contribution >= 4 is 23.1 Å². The summed E-state index contributed by atoms with van der Waals surface area (Å²) in [6, 6.07) is 36.7. The molecule has 4 nitrogen and oxygen atoms in total. The molecule has 208 valence electrons. The predicted molar refractivity (Wildman–Crippen MR) is 161 cm³/mol. The Morgan fingerprint density at radius 1 is 0.310 bits per heavy atom. The van der Waals surface area contributed by atoms with Crippen molar-refractivity contribution in [1.29, 1.82) is 0 Å². The van der Waals surface area contributed by atoms with Gasteiger partial charge in [-0.1, -0.05) is 121 Å². The fraction of sp³-hybridized carbons (Fsp3) is 0.263. The molecule has 0 heterocycles. The van der Waals surface area contributed by atoms with Crippen LogP contribution < -0.4 is 0 Å². The molecule has 0 amide bonds. The smallest absolute Gasteiger partial charge is 0.169 e. The highest BCUT2D eigenvalue weighted by molar-refractivity contribution is 6.11. The Balaban J connectivity index is 1.47. The first-order valence-corrected chi connectivity index (χ1v) is 14.7. The molecule has 0 radical (unpaired) electrons. The summed E-state index contributed by atoms with van der Waals surface area (Å²) in [6.07, 6.45) is 2.05. The van der Waals surface area contributed by atoms with Crippen molar-refractivity contribution in [2.24, 2.45) is 21.7 Å². The number of carbonyl (C=O) groups excluding carboxylic acids is 4. The van der Waals surface area contributed by atoms with E-state index in [1.165, 1.54) is 0 Å². The molecule has 0 aromatic heterocycles. The summed E-state index contributed by atoms with van der Waals surface area (Å²) in [5.41, 5.74) is -1.83. The molecular weight excluding hydrogens is 520 g/mol. The van der Waals surface area contributed by atoms with Crippen molar-refractivity contribution in [3.63, 3.8) is 0 Å². The van der Waals surface area contributed by atoms with E-state index in [9.17, 15) is 19.2 Å². The van der Waals surface area contributed by atoms with E-state index in [0.29, 0.717) is 60.8 Å². The Bertz CT molecular complexity index is 1400. The van der Waals surface area contributed by atoms with E-state index in [1.54, 1.807) is 0 Å². The summed E-state index contributed by atoms with van der Waals surface area (Å²) in [7, 11) is 0. The summed E-state index contributed by atoms with van der Waals surface area (Å²) in [4.78, 5) is 58.7. The minimum Gasteiger partial charge on any atom is -0.294 e. The normalized spacial score (nSPS) is 29.1. The standard InChI is InChI=1S/C38H32O4/c39-31(27-13-5-1-6-14-27)35-21-36(32(40)28-15-7-2-8-16-28)24-37(22-35,33(41)29-17-9-3-10-18-29)26-38(23-35,25-36)34(42)30-19-11-4-12-20-30/h1-20H,21-26H2. The molecule has 4 aromatic carbocycles. The largest absolute Gasteiger partial charge is 0.294 e. The maximum atomic E-state index is 14.7. The molecular formula is C38H32O4. The van der Waals surface area contributed by atoms with Crippen molar-refractivity contribution in [1.82, 2.24) is 0 Å². The van der Waals surface area contributed by atoms with E-state index in [0.717, 1.165) is 0 Å². The van der Waals surface area contributed by atoms with E-state index < -0.39 is 21.7 Å². The zero-order valence-corrected chi connectivity index (χ0v) is 23.4. The third-order valence-corrected chi connectivity index (χ3v) is 10.1. The number of hydrogen-bond acceptors (Lipinski definition) is 4. The van der Waals surface area contributed by atoms with Crippen LogP contribution in [0.5, 0.6) is 0 Å². The quantitative estimate of drug-likeness (QED) is 0.209. The lowest BCUT2D eigenvalue weighted by Gasteiger charge is -2.68. The number of Topliss-reactive ketones (excluding diaryl/α,β-unsaturated/α-hetero) is 4. The van der Waals surface area contributed by atoms with Gasteiger partial charge in [0, 0.05) is 43.9 Å². The van der Waals surface area contributed by atoms with E-state index in [-0.39, 0.29) is 23.1 Å². The highest BCUT2D eigenvalue weighted by Crippen LogP contribution is 2.76. The van der Waals surface area contributed by atoms with Crippen LogP contribution in [-0.4, -0.2) is 23.1 Å². The Morgan fingerprint density at radius 3 is 0.643 bits per heavy atom. The zero-order chi connectivity index (χ0) is 29.0. The first kappa shape index (κ1) is 26.5. The Labute approximate surface area is 245 Å². The lowest BCUT2D eigenvalue weighted by molar-refractivity contribution is -0.133. The second kappa shape index (κ2) is 9.55. The first-order chi connectivity index (χ1) is 20.3. The Hall–Kier alpha value is -4.44. The van der Waals surface area contributed by atoms with Crippen molar-refractivity contribution in [2.75, 3.05) is 0 Å². The highest BCUT2D eigenvalue weighted by atomic mass is 16.1. The number of rotatable bonds is 8. The Kier molecular flexibility index (Phi) is 6.02. The van der Waals surface area contributed by atoms with Gasteiger partial charge in [-0.2, -0.15) is 0 Å². The average Bonchev–Trinajstić information content (AvgIpc) is 3.04. The van der Waals surface area contributed by atoms with Crippen LogP contribution in [-0.2, 0) is 0 Å². The van der Waals surface area contributed by atoms with Crippen LogP contribution in [0.25, 0.3) is 0 Å². The summed E-state index contributed by atoms with van der Waals surface area (Å²) >= 11 is 0. The van der Waals surface area contributed by atoms with Gasteiger partial charge < -0.3 is 0 Å². The minimum absolute atomic E-state index is 0.0667. The fourth-order valence-corrected chi connectivity index (χ4v) is 9.18. The van der Waals surface area contributed by atoms with Gasteiger partial charge in [-0.05, 0) is 38.5 Å². The van der Waals surface area contributed by atoms with E-state index in [4.69, 9.17) is 0 Å². The average molecular weight is 553 g/mol. The maximum Gasteiger partial charge on any atom is 0.169 e. The number of hydrogen-bond donors (Lipinski definition) is 0. The van der Waals surface area contributed by atoms with Gasteiger partial charge >= 0.3 is 0 Å². The van der Waals surface area contributed by atoms with Crippen LogP contribution in [0.15, 0.2) is 121 Å². The molecule has 4 aliphatic carbocycles. The Morgan fingerprint density at radius 2 is 0.476 bits per heavy atom. The maximum absolute atomic E-state index is 14.7. The lowest BCUT2D eigenvalue weighted by atomic mass is 9.32. The van der Waals surface area contributed by atoms with Gasteiger partial charge in [-0.3, -0.25) is 19.2 Å². The van der Waals surface area contributed by atoms with Crippen LogP contribution in [0.3, 0.4) is 0 Å². The summed E-state index contributed by atoms with van der Waals surface area (Å²) < 4.78 is 0. The zero-order valence-electron chi connectivity index (χ0n) is 23.4. The number of ketones is 4. The summed E-state index contributed by atoms with van der Waals surface area (Å²) in [6.45, 7) is 0. The summed E-state index contributed by atoms with van der Waals surface area (Å²) in [5.74, 6) is -0.267. The van der Waals surface area contributed by atoms with Gasteiger partial charge in [0.25, 0.3) is 0 Å². The molecule has 0 unspecified atom stereocenters. The van der Waals surface area contributed by atoms with Crippen LogP contribution in [0.1, 0.15) is 80.0 Å². The van der Waals surface area contributed by atoms with Crippen LogP contribution in [0, 0.1) is 21.7 Å². The molecule has 4 heteroatoms. The second-order valence-corrected chi connectivity index (χ2v) is 13.0. The van der Waals surface area contributed by atoms with Crippen molar-refractivity contribution in [2.45, 2.75) is 38.5 Å². The SMILES string of the molecule is O=C(c1ccccc1)C12CC3(C(=O)c4ccccc4)CC(C(=O)c4ccccc4)(C1)CC(C(=O)c1ccccc1)(C2)C3. The van der Waals surface area contributed by atoms with E-state index in [2.05, 4.69) is 0 Å². The molecule has 0 saturated heterocycles. The molecule has 42 heavy (non-hydrogen) atoms. The molecule has 4 aliphatic rings. The van der Waals surface area contributed by atoms with Gasteiger partial charge in [0.2, 0.25) is 0 Å². The molecule has 0 spiro atoms. The fourth-order valence-electron chi connectivity index (χ4n) is 9.18. The topological polar surface area (TPSA) is 68.3 Å². The van der Waals surface area contributed by atoms with Gasteiger partial charge in [-0.15, -0.1) is 0 Å². The van der Waals surface area contributed by atoms with Gasteiger partial charge in [-0.25, -0.2) is 0 Å². The molecule has 0 aliphatic heterocycles. The third kappa shape index (κ3) is 3.96. The highest BCUT2D eigenvalue weighted by Gasteiger charge is 2.75. The van der Waals surface area contributed by atoms with Gasteiger partial charge in [0.15, 0.2) is 23.1 Å². The summed E-state index contributed by atoms with van der Waals surface area (Å²) in [5, 5.41) is 0. The van der Waals surface area contributed by atoms with Crippen molar-refractivity contribution < 1.29 is 19.2 Å². The third-order valence-electron chi connectivity index (χ3n) is 10.1. The van der Waals surface area contributed by atoms with Crippen LogP contribution in [0.4, 0.5) is 0 Å². The van der Waals surface area contributed by atoms with Gasteiger partial charge in [0.05, 0.1) is 0 Å². The monoisotopic (exact) mass is 552 g/mol. The molecule has 0 atom stereocenters. The van der Waals surface area contributed by atoms with E-state index >= 15 is 0 Å². The predicted octanol–water partition coefficient (Wildman–Crippen LogP) is 7.85. The molecule has 0 N–H and O–H groups in total. The molecule has 4 bridgehead atoms. The van der Waals surface area contributed by atoms with Crippen LogP contribution in [0.2, 0.25) is 0 Å². The lowest BCUT2D eigenvalue weighted by Crippen LogP contribution is -2.68. The van der Waals surface area contributed by atoms with Crippen molar-refractivity contribution in [3.8, 4) is 0 Å². The molecule has 4 fully saturated rings. The molecule has 4 aromatic rings. The van der Waals surface area contributed by atoms with Gasteiger partial charge in [0.1, 0.15) is 0 Å². The van der Waals surface area contributed by atoms with E-state index in [1.807, 2.05) is 121 Å². The van der Waals surface area contributed by atoms with Crippen molar-refractivity contribution in [3.05, 3.63) is 144 Å². The van der Waals surface area contributed by atoms with Crippen LogP contribution >= 0.6 is 0 Å². The molecule has 4 saturated carbocycles. The minimum atomic E-state index is -1.02. The first-order valence-electron chi connectivity index (χ1n) is 14.7.